The van der Waals surface area contributed by atoms with Gasteiger partial charge in [0.25, 0.3) is 0 Å². The second kappa shape index (κ2) is 9.47. The fourth-order valence-electron chi connectivity index (χ4n) is 3.82. The fourth-order valence-corrected chi connectivity index (χ4v) is 4.71. The number of piperazine rings is 1. The van der Waals surface area contributed by atoms with Crippen LogP contribution >= 0.6 is 11.8 Å². The van der Waals surface area contributed by atoms with Gasteiger partial charge in [0.2, 0.25) is 5.91 Å². The van der Waals surface area contributed by atoms with Gasteiger partial charge in [-0.1, -0.05) is 23.9 Å². The van der Waals surface area contributed by atoms with Gasteiger partial charge in [0.1, 0.15) is 16.5 Å². The number of carbonyl (C=O) groups is 1. The third kappa shape index (κ3) is 4.71. The molecule has 0 atom stereocenters. The molecule has 1 saturated heterocycles. The first-order chi connectivity index (χ1) is 15.1. The SMILES string of the molecule is COc1ccc2cc(C)c(SCC(=O)N3CCN(c4ccccc4OC)CC3)nc2c1. The van der Waals surface area contributed by atoms with Crippen molar-refractivity contribution in [2.75, 3.05) is 51.1 Å². The minimum atomic E-state index is 0.150. The van der Waals surface area contributed by atoms with E-state index in [1.54, 1.807) is 14.2 Å². The summed E-state index contributed by atoms with van der Waals surface area (Å²) < 4.78 is 10.8. The van der Waals surface area contributed by atoms with Crippen LogP contribution in [0.4, 0.5) is 5.69 Å². The summed E-state index contributed by atoms with van der Waals surface area (Å²) in [5.41, 5.74) is 3.04. The summed E-state index contributed by atoms with van der Waals surface area (Å²) in [5, 5.41) is 1.96. The molecule has 0 spiro atoms. The number of anilines is 1. The van der Waals surface area contributed by atoms with Crippen molar-refractivity contribution in [2.24, 2.45) is 0 Å². The number of carbonyl (C=O) groups excluding carboxylic acids is 1. The normalized spacial score (nSPS) is 14.0. The van der Waals surface area contributed by atoms with E-state index in [9.17, 15) is 4.79 Å². The van der Waals surface area contributed by atoms with Gasteiger partial charge in [-0.15, -0.1) is 0 Å². The molecule has 3 aromatic rings. The number of thioether (sulfide) groups is 1. The zero-order valence-corrected chi connectivity index (χ0v) is 18.9. The molecule has 2 heterocycles. The lowest BCUT2D eigenvalue weighted by atomic mass is 10.2. The highest BCUT2D eigenvalue weighted by Gasteiger charge is 2.23. The van der Waals surface area contributed by atoms with Crippen LogP contribution in [-0.4, -0.2) is 61.9 Å². The fraction of sp³-hybridized carbons (Fsp3) is 0.333. The van der Waals surface area contributed by atoms with Crippen LogP contribution in [0.2, 0.25) is 0 Å². The molecule has 1 amide bonds. The van der Waals surface area contributed by atoms with Gasteiger partial charge in [0.15, 0.2) is 0 Å². The van der Waals surface area contributed by atoms with Gasteiger partial charge in [-0.3, -0.25) is 4.79 Å². The summed E-state index contributed by atoms with van der Waals surface area (Å²) in [5.74, 6) is 2.19. The number of amides is 1. The summed E-state index contributed by atoms with van der Waals surface area (Å²) in [4.78, 5) is 21.8. The summed E-state index contributed by atoms with van der Waals surface area (Å²) in [6.07, 6.45) is 0. The van der Waals surface area contributed by atoms with Gasteiger partial charge in [-0.2, -0.15) is 0 Å². The molecule has 2 aromatic carbocycles. The molecule has 1 aliphatic heterocycles. The zero-order chi connectivity index (χ0) is 21.8. The summed E-state index contributed by atoms with van der Waals surface area (Å²) in [7, 11) is 3.34. The van der Waals surface area contributed by atoms with Gasteiger partial charge in [0.05, 0.1) is 31.2 Å². The number of fused-ring (bicyclic) bond motifs is 1. The number of benzene rings is 2. The summed E-state index contributed by atoms with van der Waals surface area (Å²) in [6, 6.07) is 16.0. The van der Waals surface area contributed by atoms with Crippen molar-refractivity contribution in [3.8, 4) is 11.5 Å². The molecule has 0 radical (unpaired) electrons. The number of rotatable bonds is 6. The average molecular weight is 438 g/mol. The highest BCUT2D eigenvalue weighted by Crippen LogP contribution is 2.29. The van der Waals surface area contributed by atoms with Crippen molar-refractivity contribution in [3.05, 3.63) is 54.1 Å². The molecule has 0 bridgehead atoms. The molecule has 0 saturated carbocycles. The van der Waals surface area contributed by atoms with Gasteiger partial charge in [0, 0.05) is 37.6 Å². The second-order valence-electron chi connectivity index (χ2n) is 7.50. The first-order valence-corrected chi connectivity index (χ1v) is 11.3. The van der Waals surface area contributed by atoms with E-state index in [1.807, 2.05) is 48.2 Å². The number of aromatic nitrogens is 1. The minimum Gasteiger partial charge on any atom is -0.497 e. The Morgan fingerprint density at radius 1 is 1.03 bits per heavy atom. The molecule has 1 aliphatic rings. The van der Waals surface area contributed by atoms with Crippen molar-refractivity contribution in [2.45, 2.75) is 11.9 Å². The van der Waals surface area contributed by atoms with E-state index >= 15 is 0 Å². The Kier molecular flexibility index (Phi) is 6.51. The highest BCUT2D eigenvalue weighted by molar-refractivity contribution is 7.99. The van der Waals surface area contributed by atoms with Gasteiger partial charge >= 0.3 is 0 Å². The molecular formula is C24H27N3O3S. The van der Waals surface area contributed by atoms with Crippen LogP contribution in [0.5, 0.6) is 11.5 Å². The van der Waals surface area contributed by atoms with Crippen molar-refractivity contribution in [1.82, 2.24) is 9.88 Å². The number of nitrogens with zero attached hydrogens (tertiary/aromatic N) is 3. The third-order valence-corrected chi connectivity index (χ3v) is 6.64. The molecule has 1 aromatic heterocycles. The lowest BCUT2D eigenvalue weighted by Gasteiger charge is -2.36. The van der Waals surface area contributed by atoms with Crippen LogP contribution < -0.4 is 14.4 Å². The molecule has 162 valence electrons. The van der Waals surface area contributed by atoms with Gasteiger partial charge in [-0.25, -0.2) is 4.98 Å². The van der Waals surface area contributed by atoms with Gasteiger partial charge < -0.3 is 19.3 Å². The number of pyridine rings is 1. The van der Waals surface area contributed by atoms with Crippen molar-refractivity contribution in [1.29, 1.82) is 0 Å². The molecule has 7 heteroatoms. The number of ether oxygens (including phenoxy) is 2. The Balaban J connectivity index is 1.37. The van der Waals surface area contributed by atoms with Crippen molar-refractivity contribution >= 4 is 34.3 Å². The maximum absolute atomic E-state index is 12.8. The molecule has 6 nitrogen and oxygen atoms in total. The Labute approximate surface area is 187 Å². The van der Waals surface area contributed by atoms with Gasteiger partial charge in [-0.05, 0) is 42.8 Å². The number of aryl methyl sites for hydroxylation is 1. The molecule has 31 heavy (non-hydrogen) atoms. The maximum Gasteiger partial charge on any atom is 0.233 e. The number of para-hydroxylation sites is 2. The Hall–Kier alpha value is -2.93. The quantitative estimate of drug-likeness (QED) is 0.544. The Morgan fingerprint density at radius 2 is 1.81 bits per heavy atom. The topological polar surface area (TPSA) is 54.9 Å². The second-order valence-corrected chi connectivity index (χ2v) is 8.46. The molecule has 4 rings (SSSR count). The van der Waals surface area contributed by atoms with E-state index in [1.165, 1.54) is 11.8 Å². The van der Waals surface area contributed by atoms with E-state index in [0.717, 1.165) is 51.8 Å². The molecular weight excluding hydrogens is 410 g/mol. The van der Waals surface area contributed by atoms with Crippen LogP contribution in [-0.2, 0) is 4.79 Å². The Morgan fingerprint density at radius 3 is 2.55 bits per heavy atom. The van der Waals surface area contributed by atoms with E-state index in [-0.39, 0.29) is 5.91 Å². The lowest BCUT2D eigenvalue weighted by Crippen LogP contribution is -2.49. The molecule has 0 N–H and O–H groups in total. The van der Waals surface area contributed by atoms with E-state index in [0.29, 0.717) is 18.8 Å². The van der Waals surface area contributed by atoms with Crippen molar-refractivity contribution in [3.63, 3.8) is 0 Å². The molecule has 0 aliphatic carbocycles. The maximum atomic E-state index is 12.8. The first-order valence-electron chi connectivity index (χ1n) is 10.3. The number of methoxy groups -OCH3 is 2. The standard InChI is InChI=1S/C24H27N3O3S/c1-17-14-18-8-9-19(29-2)15-20(18)25-24(17)31-16-23(28)27-12-10-26(11-13-27)21-6-4-5-7-22(21)30-3/h4-9,14-15H,10-13,16H2,1-3H3. The molecule has 1 fully saturated rings. The molecule has 0 unspecified atom stereocenters. The van der Waals surface area contributed by atoms with Crippen LogP contribution in [0.15, 0.2) is 53.6 Å². The zero-order valence-electron chi connectivity index (χ0n) is 18.1. The van der Waals surface area contributed by atoms with Crippen molar-refractivity contribution < 1.29 is 14.3 Å². The smallest absolute Gasteiger partial charge is 0.233 e. The predicted octanol–water partition coefficient (Wildman–Crippen LogP) is 4.00. The van der Waals surface area contributed by atoms with Crippen LogP contribution in [0.1, 0.15) is 5.56 Å². The van der Waals surface area contributed by atoms with Crippen LogP contribution in [0.25, 0.3) is 10.9 Å². The predicted molar refractivity (Wildman–Crippen MR) is 126 cm³/mol. The highest BCUT2D eigenvalue weighted by atomic mass is 32.2. The summed E-state index contributed by atoms with van der Waals surface area (Å²) in [6.45, 7) is 5.04. The van der Waals surface area contributed by atoms with E-state index < -0.39 is 0 Å². The lowest BCUT2D eigenvalue weighted by molar-refractivity contribution is -0.128. The van der Waals surface area contributed by atoms with E-state index in [4.69, 9.17) is 14.5 Å². The number of hydrogen-bond acceptors (Lipinski definition) is 6. The van der Waals surface area contributed by atoms with Crippen LogP contribution in [0.3, 0.4) is 0 Å². The largest absolute Gasteiger partial charge is 0.497 e. The number of hydrogen-bond donors (Lipinski definition) is 0. The average Bonchev–Trinajstić information content (AvgIpc) is 2.82. The van der Waals surface area contributed by atoms with E-state index in [2.05, 4.69) is 17.0 Å². The minimum absolute atomic E-state index is 0.150. The third-order valence-electron chi connectivity index (χ3n) is 5.56. The first kappa shape index (κ1) is 21.3. The monoisotopic (exact) mass is 437 g/mol. The summed E-state index contributed by atoms with van der Waals surface area (Å²) >= 11 is 1.50. The van der Waals surface area contributed by atoms with Crippen LogP contribution in [0, 0.1) is 6.92 Å². The Bertz CT molecular complexity index is 1080.